The molecule has 0 unspecified atom stereocenters. The minimum absolute atomic E-state index is 0.265. The molecular weight excluding hydrogens is 452 g/mol. The van der Waals surface area contributed by atoms with Crippen molar-refractivity contribution in [2.24, 2.45) is 0 Å². The minimum atomic E-state index is -0.265. The van der Waals surface area contributed by atoms with Crippen LogP contribution in [0.2, 0.25) is 0 Å². The average molecular weight is 477 g/mol. The average Bonchev–Trinajstić information content (AvgIpc) is 3.52. The van der Waals surface area contributed by atoms with Crippen LogP contribution in [-0.2, 0) is 0 Å². The summed E-state index contributed by atoms with van der Waals surface area (Å²) in [6.07, 6.45) is 3.46. The summed E-state index contributed by atoms with van der Waals surface area (Å²) in [5, 5.41) is 14.4. The second-order valence-electron chi connectivity index (χ2n) is 8.36. The van der Waals surface area contributed by atoms with Gasteiger partial charge in [0.25, 0.3) is 11.8 Å². The second kappa shape index (κ2) is 9.71. The molecule has 5 aromatic rings. The van der Waals surface area contributed by atoms with Crippen LogP contribution in [0, 0.1) is 13.8 Å². The van der Waals surface area contributed by atoms with Crippen molar-refractivity contribution in [2.75, 3.05) is 10.6 Å². The Morgan fingerprint density at radius 3 is 1.39 bits per heavy atom. The van der Waals surface area contributed by atoms with Gasteiger partial charge >= 0.3 is 0 Å². The Bertz CT molecular complexity index is 1430. The summed E-state index contributed by atoms with van der Waals surface area (Å²) in [7, 11) is 0. The number of carbonyl (C=O) groups is 2. The lowest BCUT2D eigenvalue weighted by Gasteiger charge is -2.10. The number of hydrogen-bond acceptors (Lipinski definition) is 4. The summed E-state index contributed by atoms with van der Waals surface area (Å²) in [6.45, 7) is 3.93. The maximum atomic E-state index is 12.8. The maximum Gasteiger partial charge on any atom is 0.255 e. The Labute approximate surface area is 208 Å². The van der Waals surface area contributed by atoms with Gasteiger partial charge in [-0.25, -0.2) is 9.36 Å². The fraction of sp³-hybridized carbons (Fsp3) is 0.0714. The number of benzene rings is 3. The van der Waals surface area contributed by atoms with Crippen molar-refractivity contribution >= 4 is 23.2 Å². The van der Waals surface area contributed by atoms with Gasteiger partial charge in [0.05, 0.1) is 11.4 Å². The molecule has 0 fully saturated rings. The Morgan fingerprint density at radius 2 is 1.03 bits per heavy atom. The van der Waals surface area contributed by atoms with E-state index in [1.807, 2.05) is 74.5 Å². The lowest BCUT2D eigenvalue weighted by Crippen LogP contribution is -2.14. The van der Waals surface area contributed by atoms with E-state index in [1.165, 1.54) is 0 Å². The first-order chi connectivity index (χ1) is 17.5. The third kappa shape index (κ3) is 4.78. The number of nitrogens with one attached hydrogen (secondary N) is 2. The molecule has 2 amide bonds. The van der Waals surface area contributed by atoms with E-state index in [0.29, 0.717) is 22.5 Å². The van der Waals surface area contributed by atoms with Gasteiger partial charge in [-0.05, 0) is 86.6 Å². The summed E-state index contributed by atoms with van der Waals surface area (Å²) in [4.78, 5) is 25.6. The smallest absolute Gasteiger partial charge is 0.255 e. The molecule has 178 valence electrons. The molecule has 0 spiro atoms. The predicted molar refractivity (Wildman–Crippen MR) is 139 cm³/mol. The molecule has 3 aromatic carbocycles. The molecule has 0 saturated heterocycles. The van der Waals surface area contributed by atoms with Gasteiger partial charge < -0.3 is 10.6 Å². The fourth-order valence-electron chi connectivity index (χ4n) is 3.89. The van der Waals surface area contributed by atoms with Gasteiger partial charge in [-0.1, -0.05) is 12.1 Å². The van der Waals surface area contributed by atoms with Crippen LogP contribution in [0.25, 0.3) is 11.4 Å². The predicted octanol–water partition coefficient (Wildman–Crippen LogP) is 5.18. The number of anilines is 2. The van der Waals surface area contributed by atoms with Crippen LogP contribution >= 0.6 is 0 Å². The minimum Gasteiger partial charge on any atom is -0.322 e. The monoisotopic (exact) mass is 476 g/mol. The van der Waals surface area contributed by atoms with E-state index in [1.54, 1.807) is 46.0 Å². The first-order valence-corrected chi connectivity index (χ1v) is 11.4. The van der Waals surface area contributed by atoms with Crippen LogP contribution in [0.4, 0.5) is 11.4 Å². The van der Waals surface area contributed by atoms with Crippen LogP contribution < -0.4 is 10.6 Å². The SMILES string of the molecule is Cc1ccnn1-c1cccc(NC(=O)c2ccc(C(=O)Nc3cccc(-n4nccc4C)c3)cc2)c1. The summed E-state index contributed by atoms with van der Waals surface area (Å²) >= 11 is 0. The number of nitrogens with zero attached hydrogens (tertiary/aromatic N) is 4. The van der Waals surface area contributed by atoms with Crippen molar-refractivity contribution in [3.63, 3.8) is 0 Å². The molecule has 0 aliphatic heterocycles. The zero-order valence-corrected chi connectivity index (χ0v) is 19.8. The van der Waals surface area contributed by atoms with Crippen LogP contribution in [0.5, 0.6) is 0 Å². The van der Waals surface area contributed by atoms with Gasteiger partial charge in [-0.15, -0.1) is 0 Å². The molecule has 0 radical (unpaired) electrons. The van der Waals surface area contributed by atoms with Gasteiger partial charge in [0.15, 0.2) is 0 Å². The number of carbonyl (C=O) groups excluding carboxylic acids is 2. The van der Waals surface area contributed by atoms with Gasteiger partial charge in [0.2, 0.25) is 0 Å². The molecule has 0 aliphatic rings. The molecule has 0 atom stereocenters. The van der Waals surface area contributed by atoms with Gasteiger partial charge in [0.1, 0.15) is 0 Å². The normalized spacial score (nSPS) is 10.7. The number of aryl methyl sites for hydroxylation is 2. The first-order valence-electron chi connectivity index (χ1n) is 11.4. The highest BCUT2D eigenvalue weighted by Gasteiger charge is 2.11. The largest absolute Gasteiger partial charge is 0.322 e. The van der Waals surface area contributed by atoms with E-state index >= 15 is 0 Å². The number of aromatic nitrogens is 4. The highest BCUT2D eigenvalue weighted by molar-refractivity contribution is 6.07. The fourth-order valence-corrected chi connectivity index (χ4v) is 3.89. The Kier molecular flexibility index (Phi) is 6.15. The van der Waals surface area contributed by atoms with E-state index in [9.17, 15) is 9.59 Å². The lowest BCUT2D eigenvalue weighted by molar-refractivity contribution is 0.101. The summed E-state index contributed by atoms with van der Waals surface area (Å²) < 4.78 is 3.60. The first kappa shape index (κ1) is 22.8. The molecule has 0 bridgehead atoms. The number of rotatable bonds is 6. The van der Waals surface area contributed by atoms with E-state index in [-0.39, 0.29) is 11.8 Å². The molecule has 5 rings (SSSR count). The van der Waals surface area contributed by atoms with Gasteiger partial charge in [-0.3, -0.25) is 9.59 Å². The second-order valence-corrected chi connectivity index (χ2v) is 8.36. The summed E-state index contributed by atoms with van der Waals surface area (Å²) in [6, 6.07) is 25.3. The van der Waals surface area contributed by atoms with Crippen molar-refractivity contribution in [3.8, 4) is 11.4 Å². The molecule has 0 saturated carbocycles. The Morgan fingerprint density at radius 1 is 0.611 bits per heavy atom. The molecule has 8 heteroatoms. The molecular formula is C28H24N6O2. The van der Waals surface area contributed by atoms with Crippen molar-refractivity contribution in [1.29, 1.82) is 0 Å². The third-order valence-corrected chi connectivity index (χ3v) is 5.77. The molecule has 8 nitrogen and oxygen atoms in total. The van der Waals surface area contributed by atoms with Crippen LogP contribution in [0.1, 0.15) is 32.1 Å². The zero-order valence-electron chi connectivity index (χ0n) is 19.8. The maximum absolute atomic E-state index is 12.8. The van der Waals surface area contributed by atoms with Crippen molar-refractivity contribution in [1.82, 2.24) is 19.6 Å². The summed E-state index contributed by atoms with van der Waals surface area (Å²) in [5.41, 5.74) is 5.91. The van der Waals surface area contributed by atoms with Crippen molar-refractivity contribution in [3.05, 3.63) is 120 Å². The highest BCUT2D eigenvalue weighted by atomic mass is 16.2. The Hall–Kier alpha value is -4.98. The van der Waals surface area contributed by atoms with Crippen molar-refractivity contribution < 1.29 is 9.59 Å². The zero-order chi connectivity index (χ0) is 25.1. The van der Waals surface area contributed by atoms with E-state index in [2.05, 4.69) is 20.8 Å². The molecule has 36 heavy (non-hydrogen) atoms. The van der Waals surface area contributed by atoms with Crippen LogP contribution in [0.3, 0.4) is 0 Å². The van der Waals surface area contributed by atoms with Crippen molar-refractivity contribution in [2.45, 2.75) is 13.8 Å². The number of amides is 2. The quantitative estimate of drug-likeness (QED) is 0.353. The van der Waals surface area contributed by atoms with E-state index in [0.717, 1.165) is 22.8 Å². The highest BCUT2D eigenvalue weighted by Crippen LogP contribution is 2.19. The Balaban J connectivity index is 1.25. The standard InChI is InChI=1S/C28H24N6O2/c1-19-13-15-29-33(19)25-7-3-5-23(17-25)31-27(35)21-9-11-22(12-10-21)28(36)32-24-6-4-8-26(18-24)34-20(2)14-16-30-34/h3-18H,1-2H3,(H,31,35)(H,32,36). The summed E-state index contributed by atoms with van der Waals surface area (Å²) in [5.74, 6) is -0.530. The van der Waals surface area contributed by atoms with Crippen LogP contribution in [-0.4, -0.2) is 31.4 Å². The van der Waals surface area contributed by atoms with E-state index < -0.39 is 0 Å². The van der Waals surface area contributed by atoms with Crippen LogP contribution in [0.15, 0.2) is 97.3 Å². The molecule has 2 N–H and O–H groups in total. The number of hydrogen-bond donors (Lipinski definition) is 2. The third-order valence-electron chi connectivity index (χ3n) is 5.77. The van der Waals surface area contributed by atoms with Gasteiger partial charge in [-0.2, -0.15) is 10.2 Å². The molecule has 0 aliphatic carbocycles. The topological polar surface area (TPSA) is 93.8 Å². The van der Waals surface area contributed by atoms with E-state index in [4.69, 9.17) is 0 Å². The van der Waals surface area contributed by atoms with Gasteiger partial charge in [0, 0.05) is 46.3 Å². The lowest BCUT2D eigenvalue weighted by atomic mass is 10.1. The molecule has 2 heterocycles. The molecule has 2 aromatic heterocycles.